The fraction of sp³-hybridized carbons (Fsp3) is 1.00. The molecule has 0 radical (unpaired) electrons. The summed E-state index contributed by atoms with van der Waals surface area (Å²) in [6.07, 6.45) is 11.2. The van der Waals surface area contributed by atoms with E-state index >= 15 is 0 Å². The summed E-state index contributed by atoms with van der Waals surface area (Å²) < 4.78 is 0. The Labute approximate surface area is 101 Å². The van der Waals surface area contributed by atoms with Crippen molar-refractivity contribution in [1.82, 2.24) is 10.2 Å². The van der Waals surface area contributed by atoms with Crippen molar-refractivity contribution in [3.63, 3.8) is 0 Å². The van der Waals surface area contributed by atoms with Crippen molar-refractivity contribution in [3.05, 3.63) is 0 Å². The van der Waals surface area contributed by atoms with Crippen LogP contribution in [-0.2, 0) is 0 Å². The van der Waals surface area contributed by atoms with Gasteiger partial charge in [0.25, 0.3) is 0 Å². The lowest BCUT2D eigenvalue weighted by molar-refractivity contribution is 0.207. The normalized spacial score (nSPS) is 26.1. The van der Waals surface area contributed by atoms with Gasteiger partial charge in [-0.25, -0.2) is 0 Å². The van der Waals surface area contributed by atoms with E-state index in [1.54, 1.807) is 0 Å². The van der Waals surface area contributed by atoms with Gasteiger partial charge in [-0.1, -0.05) is 32.6 Å². The van der Waals surface area contributed by atoms with Crippen molar-refractivity contribution in [2.45, 2.75) is 63.8 Å². The molecule has 1 saturated carbocycles. The number of hydrogen-bond donors (Lipinski definition) is 1. The van der Waals surface area contributed by atoms with Gasteiger partial charge in [-0.2, -0.15) is 0 Å². The minimum Gasteiger partial charge on any atom is -0.310 e. The van der Waals surface area contributed by atoms with Gasteiger partial charge >= 0.3 is 0 Å². The molecule has 1 heterocycles. The van der Waals surface area contributed by atoms with Crippen LogP contribution < -0.4 is 5.32 Å². The van der Waals surface area contributed by atoms with Gasteiger partial charge in [0.1, 0.15) is 0 Å². The molecule has 0 aromatic heterocycles. The smallest absolute Gasteiger partial charge is 0.0308 e. The first-order valence-electron chi connectivity index (χ1n) is 7.32. The number of unbranched alkanes of at least 4 members (excludes halogenated alkanes) is 2. The van der Waals surface area contributed by atoms with Crippen LogP contribution in [0.1, 0.15) is 58.3 Å². The molecule has 2 rings (SSSR count). The van der Waals surface area contributed by atoms with Crippen LogP contribution in [0.4, 0.5) is 0 Å². The Bertz CT molecular complexity index is 197. The van der Waals surface area contributed by atoms with Gasteiger partial charge in [0, 0.05) is 12.1 Å². The third-order valence-electron chi connectivity index (χ3n) is 4.32. The Hall–Kier alpha value is -0.0800. The summed E-state index contributed by atoms with van der Waals surface area (Å²) in [5.74, 6) is 0. The fourth-order valence-electron chi connectivity index (χ4n) is 3.38. The van der Waals surface area contributed by atoms with E-state index in [1.165, 1.54) is 77.5 Å². The Balaban J connectivity index is 1.83. The van der Waals surface area contributed by atoms with Crippen LogP contribution in [0.25, 0.3) is 0 Å². The van der Waals surface area contributed by atoms with Crippen molar-refractivity contribution in [3.8, 4) is 0 Å². The molecular formula is C14H28N2. The van der Waals surface area contributed by atoms with Gasteiger partial charge in [0.2, 0.25) is 0 Å². The van der Waals surface area contributed by atoms with Crippen molar-refractivity contribution in [1.29, 1.82) is 0 Å². The van der Waals surface area contributed by atoms with Crippen LogP contribution in [0.3, 0.4) is 0 Å². The Kier molecular flexibility index (Phi) is 4.66. The van der Waals surface area contributed by atoms with E-state index in [0.29, 0.717) is 5.54 Å². The summed E-state index contributed by atoms with van der Waals surface area (Å²) >= 11 is 0. The maximum absolute atomic E-state index is 3.84. The first-order valence-corrected chi connectivity index (χ1v) is 7.32. The molecule has 0 atom stereocenters. The maximum Gasteiger partial charge on any atom is 0.0308 e. The van der Waals surface area contributed by atoms with E-state index in [9.17, 15) is 0 Å². The molecule has 2 heteroatoms. The third kappa shape index (κ3) is 3.21. The summed E-state index contributed by atoms with van der Waals surface area (Å²) in [6.45, 7) is 7.50. The molecule has 94 valence electrons. The zero-order chi connectivity index (χ0) is 11.3. The standard InChI is InChI=1S/C14H28N2/c1-2-3-6-11-16-12-7-10-15-14(13-16)8-4-5-9-14/h15H,2-13H2,1H3. The minimum atomic E-state index is 0.503. The number of nitrogens with one attached hydrogen (secondary N) is 1. The lowest BCUT2D eigenvalue weighted by Gasteiger charge is -2.33. The molecule has 1 saturated heterocycles. The minimum absolute atomic E-state index is 0.503. The van der Waals surface area contributed by atoms with E-state index in [1.807, 2.05) is 0 Å². The first kappa shape index (κ1) is 12.4. The van der Waals surface area contributed by atoms with E-state index in [-0.39, 0.29) is 0 Å². The first-order chi connectivity index (χ1) is 7.85. The average Bonchev–Trinajstić information content (AvgIpc) is 2.63. The zero-order valence-electron chi connectivity index (χ0n) is 10.9. The molecule has 1 spiro atoms. The van der Waals surface area contributed by atoms with Crippen molar-refractivity contribution in [2.75, 3.05) is 26.2 Å². The second kappa shape index (κ2) is 6.02. The zero-order valence-corrected chi connectivity index (χ0v) is 10.9. The Morgan fingerprint density at radius 2 is 1.94 bits per heavy atom. The lowest BCUT2D eigenvalue weighted by atomic mass is 9.97. The van der Waals surface area contributed by atoms with Gasteiger partial charge in [-0.15, -0.1) is 0 Å². The van der Waals surface area contributed by atoms with Crippen LogP contribution in [0.5, 0.6) is 0 Å². The molecule has 0 bridgehead atoms. The molecule has 16 heavy (non-hydrogen) atoms. The lowest BCUT2D eigenvalue weighted by Crippen LogP contribution is -2.49. The predicted molar refractivity (Wildman–Crippen MR) is 69.8 cm³/mol. The SMILES string of the molecule is CCCCCN1CCCNC2(CCCC2)C1. The summed E-state index contributed by atoms with van der Waals surface area (Å²) in [5, 5.41) is 3.84. The van der Waals surface area contributed by atoms with Gasteiger partial charge < -0.3 is 10.2 Å². The van der Waals surface area contributed by atoms with E-state index in [2.05, 4.69) is 17.1 Å². The van der Waals surface area contributed by atoms with E-state index in [0.717, 1.165) is 0 Å². The van der Waals surface area contributed by atoms with Crippen LogP contribution in [-0.4, -0.2) is 36.6 Å². The van der Waals surface area contributed by atoms with E-state index in [4.69, 9.17) is 0 Å². The average molecular weight is 224 g/mol. The van der Waals surface area contributed by atoms with Crippen LogP contribution in [0.2, 0.25) is 0 Å². The highest BCUT2D eigenvalue weighted by atomic mass is 15.2. The number of rotatable bonds is 4. The summed E-state index contributed by atoms with van der Waals surface area (Å²) in [4.78, 5) is 2.72. The highest BCUT2D eigenvalue weighted by Gasteiger charge is 2.35. The molecule has 1 N–H and O–H groups in total. The second-order valence-electron chi connectivity index (χ2n) is 5.75. The molecule has 0 amide bonds. The van der Waals surface area contributed by atoms with Crippen LogP contribution >= 0.6 is 0 Å². The molecule has 2 fully saturated rings. The molecule has 0 aromatic rings. The largest absolute Gasteiger partial charge is 0.310 e. The molecule has 0 unspecified atom stereocenters. The van der Waals surface area contributed by atoms with Crippen molar-refractivity contribution in [2.24, 2.45) is 0 Å². The highest BCUT2D eigenvalue weighted by molar-refractivity contribution is 4.96. The van der Waals surface area contributed by atoms with Gasteiger partial charge in [0.05, 0.1) is 0 Å². The molecule has 1 aliphatic carbocycles. The molecule has 2 aliphatic rings. The fourth-order valence-corrected chi connectivity index (χ4v) is 3.38. The quantitative estimate of drug-likeness (QED) is 0.739. The Morgan fingerprint density at radius 1 is 1.12 bits per heavy atom. The van der Waals surface area contributed by atoms with Crippen LogP contribution in [0.15, 0.2) is 0 Å². The summed E-state index contributed by atoms with van der Waals surface area (Å²) in [7, 11) is 0. The second-order valence-corrected chi connectivity index (χ2v) is 5.75. The number of hydrogen-bond acceptors (Lipinski definition) is 2. The summed E-state index contributed by atoms with van der Waals surface area (Å²) in [5.41, 5.74) is 0.503. The molecule has 1 aliphatic heterocycles. The third-order valence-corrected chi connectivity index (χ3v) is 4.32. The molecular weight excluding hydrogens is 196 g/mol. The molecule has 2 nitrogen and oxygen atoms in total. The van der Waals surface area contributed by atoms with E-state index < -0.39 is 0 Å². The predicted octanol–water partition coefficient (Wildman–Crippen LogP) is 2.78. The topological polar surface area (TPSA) is 15.3 Å². The Morgan fingerprint density at radius 3 is 2.69 bits per heavy atom. The van der Waals surface area contributed by atoms with Crippen molar-refractivity contribution < 1.29 is 0 Å². The van der Waals surface area contributed by atoms with Gasteiger partial charge in [-0.3, -0.25) is 0 Å². The number of nitrogens with zero attached hydrogens (tertiary/aromatic N) is 1. The maximum atomic E-state index is 3.84. The van der Waals surface area contributed by atoms with Gasteiger partial charge in [-0.05, 0) is 45.3 Å². The van der Waals surface area contributed by atoms with Crippen molar-refractivity contribution >= 4 is 0 Å². The monoisotopic (exact) mass is 224 g/mol. The van der Waals surface area contributed by atoms with Crippen LogP contribution in [0, 0.1) is 0 Å². The summed E-state index contributed by atoms with van der Waals surface area (Å²) in [6, 6.07) is 0. The highest BCUT2D eigenvalue weighted by Crippen LogP contribution is 2.31. The molecule has 0 aromatic carbocycles. The van der Waals surface area contributed by atoms with Gasteiger partial charge in [0.15, 0.2) is 0 Å².